The van der Waals surface area contributed by atoms with Gasteiger partial charge in [0, 0.05) is 11.1 Å². The minimum Gasteiger partial charge on any atom is -0.324 e. The predicted octanol–water partition coefficient (Wildman–Crippen LogP) is 3.01. The maximum Gasteiger partial charge on any atom is 0.0912 e. The van der Waals surface area contributed by atoms with Gasteiger partial charge in [-0.25, -0.2) is 0 Å². The lowest BCUT2D eigenvalue weighted by Gasteiger charge is -2.14. The van der Waals surface area contributed by atoms with Crippen LogP contribution in [0.5, 0.6) is 0 Å². The highest BCUT2D eigenvalue weighted by Gasteiger charge is 2.11. The van der Waals surface area contributed by atoms with Crippen molar-refractivity contribution >= 4 is 11.6 Å². The van der Waals surface area contributed by atoms with E-state index in [2.05, 4.69) is 0 Å². The quantitative estimate of drug-likeness (QED) is 0.800. The van der Waals surface area contributed by atoms with Crippen LogP contribution in [-0.4, -0.2) is 6.67 Å². The molecule has 0 fully saturated rings. The van der Waals surface area contributed by atoms with E-state index >= 15 is 0 Å². The number of halogens is 2. The van der Waals surface area contributed by atoms with Crippen LogP contribution in [0, 0.1) is 6.92 Å². The third-order valence-corrected chi connectivity index (χ3v) is 2.39. The summed E-state index contributed by atoms with van der Waals surface area (Å²) in [5, 5.41) is 0.626. The van der Waals surface area contributed by atoms with E-state index in [1.165, 1.54) is 0 Å². The van der Waals surface area contributed by atoms with Crippen molar-refractivity contribution in [2.45, 2.75) is 19.4 Å². The third kappa shape index (κ3) is 2.42. The van der Waals surface area contributed by atoms with Gasteiger partial charge in [0.1, 0.15) is 0 Å². The van der Waals surface area contributed by atoms with Crippen LogP contribution in [0.2, 0.25) is 5.02 Å². The summed E-state index contributed by atoms with van der Waals surface area (Å²) in [6, 6.07) is 5.28. The fraction of sp³-hybridized carbons (Fsp3) is 0.400. The molecule has 0 unspecified atom stereocenters. The number of hydrogen-bond donors (Lipinski definition) is 1. The minimum absolute atomic E-state index is 0.293. The van der Waals surface area contributed by atoms with E-state index in [9.17, 15) is 4.39 Å². The average Bonchev–Trinajstić information content (AvgIpc) is 2.04. The van der Waals surface area contributed by atoms with Crippen molar-refractivity contribution in [3.05, 3.63) is 34.3 Å². The highest BCUT2D eigenvalue weighted by Crippen LogP contribution is 2.26. The fourth-order valence-corrected chi connectivity index (χ4v) is 1.74. The molecule has 1 atom stereocenters. The van der Waals surface area contributed by atoms with E-state index in [0.717, 1.165) is 11.1 Å². The maximum atomic E-state index is 12.1. The molecule has 0 saturated carbocycles. The first kappa shape index (κ1) is 10.5. The number of benzene rings is 1. The molecule has 0 saturated heterocycles. The second kappa shape index (κ2) is 4.58. The van der Waals surface area contributed by atoms with Gasteiger partial charge in [-0.2, -0.15) is 0 Å². The normalized spacial score (nSPS) is 12.9. The number of aryl methyl sites for hydroxylation is 1. The first-order valence-electron chi connectivity index (χ1n) is 4.23. The minimum atomic E-state index is -0.411. The van der Waals surface area contributed by atoms with Crippen molar-refractivity contribution in [1.29, 1.82) is 0 Å². The lowest BCUT2D eigenvalue weighted by atomic mass is 10.00. The molecule has 0 aliphatic rings. The molecule has 1 aromatic carbocycles. The van der Waals surface area contributed by atoms with Crippen LogP contribution in [0.15, 0.2) is 18.2 Å². The molecule has 72 valence electrons. The monoisotopic (exact) mass is 201 g/mol. The molecule has 13 heavy (non-hydrogen) atoms. The van der Waals surface area contributed by atoms with Gasteiger partial charge in [0.25, 0.3) is 0 Å². The van der Waals surface area contributed by atoms with Gasteiger partial charge in [-0.1, -0.05) is 23.7 Å². The van der Waals surface area contributed by atoms with Gasteiger partial charge < -0.3 is 5.73 Å². The van der Waals surface area contributed by atoms with Gasteiger partial charge in [0.2, 0.25) is 0 Å². The molecule has 1 rings (SSSR count). The highest BCUT2D eigenvalue weighted by atomic mass is 35.5. The van der Waals surface area contributed by atoms with Gasteiger partial charge in [0.05, 0.1) is 6.67 Å². The van der Waals surface area contributed by atoms with E-state index in [0.29, 0.717) is 11.4 Å². The molecule has 1 aromatic rings. The van der Waals surface area contributed by atoms with E-state index < -0.39 is 6.67 Å². The van der Waals surface area contributed by atoms with Crippen LogP contribution in [0.25, 0.3) is 0 Å². The molecule has 0 spiro atoms. The predicted molar refractivity (Wildman–Crippen MR) is 53.7 cm³/mol. The fourth-order valence-electron chi connectivity index (χ4n) is 1.38. The van der Waals surface area contributed by atoms with Gasteiger partial charge in [-0.15, -0.1) is 0 Å². The SMILES string of the molecule is Cc1cccc(Cl)c1[C@H](N)CCF. The molecular weight excluding hydrogens is 189 g/mol. The highest BCUT2D eigenvalue weighted by molar-refractivity contribution is 6.31. The number of alkyl halides is 1. The Morgan fingerprint density at radius 1 is 1.54 bits per heavy atom. The largest absolute Gasteiger partial charge is 0.324 e. The molecule has 0 bridgehead atoms. The Balaban J connectivity index is 2.98. The molecule has 1 nitrogen and oxygen atoms in total. The standard InChI is InChI=1S/C10H13ClFN/c1-7-3-2-4-8(11)10(7)9(13)5-6-12/h2-4,9H,5-6,13H2,1H3/t9-/m1/s1. The van der Waals surface area contributed by atoms with Crippen molar-refractivity contribution in [1.82, 2.24) is 0 Å². The Bertz CT molecular complexity index is 268. The van der Waals surface area contributed by atoms with Gasteiger partial charge in [-0.05, 0) is 30.5 Å². The summed E-state index contributed by atoms with van der Waals surface area (Å²) in [6.45, 7) is 1.52. The van der Waals surface area contributed by atoms with Crippen molar-refractivity contribution in [2.75, 3.05) is 6.67 Å². The zero-order valence-corrected chi connectivity index (χ0v) is 8.31. The lowest BCUT2D eigenvalue weighted by Crippen LogP contribution is -2.12. The van der Waals surface area contributed by atoms with E-state index in [-0.39, 0.29) is 6.04 Å². The lowest BCUT2D eigenvalue weighted by molar-refractivity contribution is 0.441. The zero-order chi connectivity index (χ0) is 9.84. The molecule has 2 N–H and O–H groups in total. The van der Waals surface area contributed by atoms with E-state index in [1.54, 1.807) is 6.07 Å². The first-order chi connectivity index (χ1) is 6.16. The van der Waals surface area contributed by atoms with E-state index in [1.807, 2.05) is 19.1 Å². The van der Waals surface area contributed by atoms with Crippen LogP contribution >= 0.6 is 11.6 Å². The third-order valence-electron chi connectivity index (χ3n) is 2.06. The zero-order valence-electron chi connectivity index (χ0n) is 7.56. The Morgan fingerprint density at radius 2 is 2.23 bits per heavy atom. The van der Waals surface area contributed by atoms with Crippen LogP contribution in [0.4, 0.5) is 4.39 Å². The molecule has 0 amide bonds. The molecule has 0 aliphatic heterocycles. The van der Waals surface area contributed by atoms with Crippen LogP contribution in [0.3, 0.4) is 0 Å². The summed E-state index contributed by atoms with van der Waals surface area (Å²) in [5.41, 5.74) is 7.67. The van der Waals surface area contributed by atoms with Crippen molar-refractivity contribution in [3.8, 4) is 0 Å². The van der Waals surface area contributed by atoms with Crippen LogP contribution in [0.1, 0.15) is 23.6 Å². The summed E-state index contributed by atoms with van der Waals surface area (Å²) in [5.74, 6) is 0. The number of hydrogen-bond acceptors (Lipinski definition) is 1. The summed E-state index contributed by atoms with van der Waals surface area (Å²) in [4.78, 5) is 0. The van der Waals surface area contributed by atoms with E-state index in [4.69, 9.17) is 17.3 Å². The van der Waals surface area contributed by atoms with Crippen LogP contribution < -0.4 is 5.73 Å². The first-order valence-corrected chi connectivity index (χ1v) is 4.61. The second-order valence-electron chi connectivity index (χ2n) is 3.05. The topological polar surface area (TPSA) is 26.0 Å². The van der Waals surface area contributed by atoms with Crippen LogP contribution in [-0.2, 0) is 0 Å². The van der Waals surface area contributed by atoms with Crippen molar-refractivity contribution < 1.29 is 4.39 Å². The Morgan fingerprint density at radius 3 is 2.77 bits per heavy atom. The maximum absolute atomic E-state index is 12.1. The summed E-state index contributed by atoms with van der Waals surface area (Å²) in [7, 11) is 0. The van der Waals surface area contributed by atoms with Crippen molar-refractivity contribution in [2.24, 2.45) is 5.73 Å². The second-order valence-corrected chi connectivity index (χ2v) is 3.46. The molecule has 0 aromatic heterocycles. The van der Waals surface area contributed by atoms with Gasteiger partial charge in [-0.3, -0.25) is 4.39 Å². The number of nitrogens with two attached hydrogens (primary N) is 1. The Hall–Kier alpha value is -0.600. The molecule has 0 heterocycles. The Kier molecular flexibility index (Phi) is 3.70. The molecular formula is C10H13ClFN. The van der Waals surface area contributed by atoms with Gasteiger partial charge in [0.15, 0.2) is 0 Å². The average molecular weight is 202 g/mol. The smallest absolute Gasteiger partial charge is 0.0912 e. The van der Waals surface area contributed by atoms with Crippen molar-refractivity contribution in [3.63, 3.8) is 0 Å². The Labute approximate surface area is 82.7 Å². The molecule has 0 aliphatic carbocycles. The summed E-state index contributed by atoms with van der Waals surface area (Å²) >= 11 is 5.96. The molecule has 0 radical (unpaired) electrons. The van der Waals surface area contributed by atoms with Gasteiger partial charge >= 0.3 is 0 Å². The molecule has 3 heteroatoms. The summed E-state index contributed by atoms with van der Waals surface area (Å²) < 4.78 is 12.1. The summed E-state index contributed by atoms with van der Waals surface area (Å²) in [6.07, 6.45) is 0.324. The number of rotatable bonds is 3.